The predicted octanol–water partition coefficient (Wildman–Crippen LogP) is 4.53. The Morgan fingerprint density at radius 2 is 1.90 bits per heavy atom. The van der Waals surface area contributed by atoms with E-state index in [1.807, 2.05) is 18.2 Å². The summed E-state index contributed by atoms with van der Waals surface area (Å²) >= 11 is 1.78. The van der Waals surface area contributed by atoms with E-state index in [4.69, 9.17) is 9.72 Å². The average molecular weight is 410 g/mol. The van der Waals surface area contributed by atoms with Crippen molar-refractivity contribution >= 4 is 33.2 Å². The van der Waals surface area contributed by atoms with Crippen molar-refractivity contribution in [2.45, 2.75) is 26.3 Å². The molecule has 6 heteroatoms. The smallest absolute Gasteiger partial charge is 0.339 e. The van der Waals surface area contributed by atoms with Crippen LogP contribution in [0.4, 0.5) is 5.69 Å². The van der Waals surface area contributed by atoms with E-state index in [-0.39, 0.29) is 5.97 Å². The van der Waals surface area contributed by atoms with E-state index in [1.165, 1.54) is 17.4 Å². The van der Waals surface area contributed by atoms with Crippen LogP contribution in [0.3, 0.4) is 0 Å². The molecule has 0 N–H and O–H groups in total. The van der Waals surface area contributed by atoms with Gasteiger partial charge in [0.1, 0.15) is 5.01 Å². The van der Waals surface area contributed by atoms with Crippen LogP contribution in [0.25, 0.3) is 10.2 Å². The monoisotopic (exact) mass is 409 g/mol. The second kappa shape index (κ2) is 8.51. The zero-order chi connectivity index (χ0) is 20.4. The van der Waals surface area contributed by atoms with Crippen molar-refractivity contribution in [1.29, 1.82) is 0 Å². The molecule has 1 saturated heterocycles. The largest absolute Gasteiger partial charge is 0.465 e. The predicted molar refractivity (Wildman–Crippen MR) is 119 cm³/mol. The molecule has 29 heavy (non-hydrogen) atoms. The summed E-state index contributed by atoms with van der Waals surface area (Å²) in [4.78, 5) is 21.8. The van der Waals surface area contributed by atoms with Crippen LogP contribution >= 0.6 is 11.3 Å². The highest BCUT2D eigenvalue weighted by molar-refractivity contribution is 7.18. The number of carbonyl (C=O) groups excluding carboxylic acids is 1. The second-order valence-electron chi connectivity index (χ2n) is 7.76. The van der Waals surface area contributed by atoms with Gasteiger partial charge in [-0.05, 0) is 35.7 Å². The molecule has 0 saturated carbocycles. The van der Waals surface area contributed by atoms with Gasteiger partial charge < -0.3 is 9.64 Å². The number of hydrogen-bond acceptors (Lipinski definition) is 6. The van der Waals surface area contributed by atoms with E-state index in [9.17, 15) is 4.79 Å². The Labute approximate surface area is 175 Å². The first-order valence-electron chi connectivity index (χ1n) is 10.1. The second-order valence-corrected chi connectivity index (χ2v) is 8.88. The van der Waals surface area contributed by atoms with Gasteiger partial charge in [0.05, 0.1) is 35.1 Å². The highest BCUT2D eigenvalue weighted by Crippen LogP contribution is 2.28. The van der Waals surface area contributed by atoms with Crippen LogP contribution in [-0.4, -0.2) is 49.1 Å². The number of para-hydroxylation sites is 1. The first-order valence-corrected chi connectivity index (χ1v) is 10.9. The van der Waals surface area contributed by atoms with Crippen molar-refractivity contribution in [2.75, 3.05) is 38.2 Å². The molecule has 3 aromatic rings. The van der Waals surface area contributed by atoms with Gasteiger partial charge in [0.2, 0.25) is 0 Å². The summed E-state index contributed by atoms with van der Waals surface area (Å²) in [6.45, 7) is 8.89. The molecular weight excluding hydrogens is 382 g/mol. The molecule has 0 spiro atoms. The molecule has 0 amide bonds. The van der Waals surface area contributed by atoms with Crippen molar-refractivity contribution < 1.29 is 9.53 Å². The number of nitrogens with zero attached hydrogens (tertiary/aromatic N) is 3. The van der Waals surface area contributed by atoms with E-state index in [2.05, 4.69) is 47.9 Å². The fraction of sp³-hybridized carbons (Fsp3) is 0.391. The number of methoxy groups -OCH3 is 1. The van der Waals surface area contributed by atoms with Crippen LogP contribution in [0, 0.1) is 0 Å². The minimum absolute atomic E-state index is 0.271. The summed E-state index contributed by atoms with van der Waals surface area (Å²) in [5, 5.41) is 1.16. The summed E-state index contributed by atoms with van der Waals surface area (Å²) in [6.07, 6.45) is 0. The lowest BCUT2D eigenvalue weighted by atomic mass is 9.99. The zero-order valence-corrected chi connectivity index (χ0v) is 18.0. The van der Waals surface area contributed by atoms with E-state index in [1.54, 1.807) is 11.3 Å². The molecule has 0 radical (unpaired) electrons. The van der Waals surface area contributed by atoms with Crippen LogP contribution in [-0.2, 0) is 11.3 Å². The first-order chi connectivity index (χ1) is 14.0. The molecule has 0 aliphatic carbocycles. The van der Waals surface area contributed by atoms with Gasteiger partial charge in [0.15, 0.2) is 0 Å². The van der Waals surface area contributed by atoms with Gasteiger partial charge in [-0.3, -0.25) is 4.90 Å². The molecule has 2 aromatic carbocycles. The van der Waals surface area contributed by atoms with E-state index < -0.39 is 0 Å². The molecule has 1 aromatic heterocycles. The number of piperazine rings is 1. The summed E-state index contributed by atoms with van der Waals surface area (Å²) in [5.74, 6) is 0.146. The summed E-state index contributed by atoms with van der Waals surface area (Å²) in [5.41, 5.74) is 3.96. The number of aromatic nitrogens is 1. The zero-order valence-electron chi connectivity index (χ0n) is 17.2. The third-order valence-corrected chi connectivity index (χ3v) is 6.52. The van der Waals surface area contributed by atoms with Gasteiger partial charge >= 0.3 is 5.97 Å². The maximum atomic E-state index is 12.3. The van der Waals surface area contributed by atoms with Gasteiger partial charge in [-0.2, -0.15) is 0 Å². The van der Waals surface area contributed by atoms with Crippen LogP contribution < -0.4 is 4.90 Å². The Bertz CT molecular complexity index is 973. The van der Waals surface area contributed by atoms with Gasteiger partial charge in [0.25, 0.3) is 0 Å². The molecule has 1 aliphatic heterocycles. The Hall–Kier alpha value is -2.44. The lowest BCUT2D eigenvalue weighted by Crippen LogP contribution is -2.46. The third-order valence-electron chi connectivity index (χ3n) is 5.50. The fourth-order valence-electron chi connectivity index (χ4n) is 3.78. The summed E-state index contributed by atoms with van der Waals surface area (Å²) in [6, 6.07) is 14.4. The van der Waals surface area contributed by atoms with Crippen molar-refractivity contribution in [1.82, 2.24) is 9.88 Å². The molecule has 0 unspecified atom stereocenters. The maximum absolute atomic E-state index is 12.3. The summed E-state index contributed by atoms with van der Waals surface area (Å²) in [7, 11) is 1.44. The number of carbonyl (C=O) groups is 1. The first kappa shape index (κ1) is 19.9. The van der Waals surface area contributed by atoms with Crippen molar-refractivity contribution in [3.05, 3.63) is 58.6 Å². The number of hydrogen-bond donors (Lipinski definition) is 0. The van der Waals surface area contributed by atoms with E-state index >= 15 is 0 Å². The van der Waals surface area contributed by atoms with Gasteiger partial charge in [-0.25, -0.2) is 9.78 Å². The van der Waals surface area contributed by atoms with Gasteiger partial charge in [0, 0.05) is 26.2 Å². The Morgan fingerprint density at radius 1 is 1.14 bits per heavy atom. The molecule has 5 nitrogen and oxygen atoms in total. The van der Waals surface area contributed by atoms with Gasteiger partial charge in [-0.15, -0.1) is 11.3 Å². The number of fused-ring (bicyclic) bond motifs is 1. The topological polar surface area (TPSA) is 45.7 Å². The van der Waals surface area contributed by atoms with Crippen LogP contribution in [0.15, 0.2) is 42.5 Å². The Morgan fingerprint density at radius 3 is 2.59 bits per heavy atom. The third kappa shape index (κ3) is 4.28. The van der Waals surface area contributed by atoms with Crippen molar-refractivity contribution in [2.24, 2.45) is 0 Å². The molecule has 4 rings (SSSR count). The number of ether oxygens (including phenoxy) is 1. The van der Waals surface area contributed by atoms with Crippen molar-refractivity contribution in [3.63, 3.8) is 0 Å². The molecule has 2 heterocycles. The SMILES string of the molecule is COC(=O)c1ccc(C(C)C)cc1N1CCN(Cc2nc3ccccc3s2)CC1. The number of thiazole rings is 1. The van der Waals surface area contributed by atoms with Crippen LogP contribution in [0.1, 0.15) is 40.7 Å². The Kier molecular flexibility index (Phi) is 5.83. The fourth-order valence-corrected chi connectivity index (χ4v) is 4.79. The average Bonchev–Trinajstić information content (AvgIpc) is 3.15. The minimum atomic E-state index is -0.271. The normalized spacial score (nSPS) is 15.2. The minimum Gasteiger partial charge on any atom is -0.465 e. The molecular formula is C23H27N3O2S. The van der Waals surface area contributed by atoms with E-state index in [0.717, 1.165) is 48.9 Å². The number of esters is 1. The number of anilines is 1. The highest BCUT2D eigenvalue weighted by atomic mass is 32.1. The molecule has 1 aliphatic rings. The molecule has 1 fully saturated rings. The number of benzene rings is 2. The van der Waals surface area contributed by atoms with Crippen LogP contribution in [0.5, 0.6) is 0 Å². The Balaban J connectivity index is 1.47. The van der Waals surface area contributed by atoms with E-state index in [0.29, 0.717) is 11.5 Å². The van der Waals surface area contributed by atoms with Crippen LogP contribution in [0.2, 0.25) is 0 Å². The highest BCUT2D eigenvalue weighted by Gasteiger charge is 2.23. The standard InChI is InChI=1S/C23H27N3O2S/c1-16(2)17-8-9-18(23(27)28-3)20(14-17)26-12-10-25(11-13-26)15-22-24-19-6-4-5-7-21(19)29-22/h4-9,14,16H,10-13,15H2,1-3H3. The number of rotatable bonds is 5. The molecule has 0 bridgehead atoms. The summed E-state index contributed by atoms with van der Waals surface area (Å²) < 4.78 is 6.26. The lowest BCUT2D eigenvalue weighted by molar-refractivity contribution is 0.0601. The quantitative estimate of drug-likeness (QED) is 0.580. The van der Waals surface area contributed by atoms with Crippen molar-refractivity contribution in [3.8, 4) is 0 Å². The molecule has 0 atom stereocenters. The maximum Gasteiger partial charge on any atom is 0.339 e. The van der Waals surface area contributed by atoms with Gasteiger partial charge in [-0.1, -0.05) is 32.0 Å². The molecule has 152 valence electrons. The lowest BCUT2D eigenvalue weighted by Gasteiger charge is -2.36.